The second kappa shape index (κ2) is 7.70. The van der Waals surface area contributed by atoms with Crippen LogP contribution in [0.5, 0.6) is 0 Å². The molecule has 1 atom stereocenters. The van der Waals surface area contributed by atoms with Crippen LogP contribution in [0.15, 0.2) is 35.4 Å². The Morgan fingerprint density at radius 2 is 1.91 bits per heavy atom. The van der Waals surface area contributed by atoms with E-state index in [2.05, 4.69) is 47.0 Å². The quantitative estimate of drug-likeness (QED) is 0.495. The molecule has 5 rings (SSSR count). The van der Waals surface area contributed by atoms with Crippen LogP contribution in [0.4, 0.5) is 5.69 Å². The highest BCUT2D eigenvalue weighted by atomic mass is 16.1. The fourth-order valence-electron chi connectivity index (χ4n) is 4.62. The van der Waals surface area contributed by atoms with Gasteiger partial charge in [0.2, 0.25) is 0 Å². The van der Waals surface area contributed by atoms with Gasteiger partial charge in [-0.25, -0.2) is 9.50 Å². The molecular formula is C24H29N7O. The first-order chi connectivity index (χ1) is 15.3. The summed E-state index contributed by atoms with van der Waals surface area (Å²) < 4.78 is 3.50. The number of fused-ring (bicyclic) bond motifs is 2. The van der Waals surface area contributed by atoms with Crippen molar-refractivity contribution >= 4 is 16.9 Å². The van der Waals surface area contributed by atoms with Crippen molar-refractivity contribution < 1.29 is 0 Å². The molecule has 0 radical (unpaired) electrons. The molecule has 0 amide bonds. The Labute approximate surface area is 187 Å². The minimum Gasteiger partial charge on any atom is -0.369 e. The monoisotopic (exact) mass is 431 g/mol. The number of pyridine rings is 1. The summed E-state index contributed by atoms with van der Waals surface area (Å²) in [7, 11) is 4.24. The summed E-state index contributed by atoms with van der Waals surface area (Å²) in [6, 6.07) is 6.22. The van der Waals surface area contributed by atoms with E-state index < -0.39 is 0 Å². The zero-order chi connectivity index (χ0) is 22.6. The number of likely N-dealkylation sites (N-methyl/N-ethyl adjacent to an activating group) is 1. The maximum atomic E-state index is 13.1. The van der Waals surface area contributed by atoms with Crippen LogP contribution in [0.3, 0.4) is 0 Å². The summed E-state index contributed by atoms with van der Waals surface area (Å²) in [6.07, 6.45) is 5.77. The lowest BCUT2D eigenvalue weighted by atomic mass is 10.2. The summed E-state index contributed by atoms with van der Waals surface area (Å²) >= 11 is 0. The topological polar surface area (TPSA) is 71.0 Å². The van der Waals surface area contributed by atoms with E-state index in [1.165, 1.54) is 0 Å². The maximum absolute atomic E-state index is 13.1. The van der Waals surface area contributed by atoms with Crippen LogP contribution in [0.1, 0.15) is 30.3 Å². The molecule has 0 spiro atoms. The third kappa shape index (κ3) is 3.44. The molecule has 0 aromatic carbocycles. The number of rotatable bonds is 4. The van der Waals surface area contributed by atoms with Crippen molar-refractivity contribution in [1.82, 2.24) is 28.9 Å². The average molecular weight is 432 g/mol. The summed E-state index contributed by atoms with van der Waals surface area (Å²) in [5.74, 6) is 0. The van der Waals surface area contributed by atoms with Gasteiger partial charge in [0.05, 0.1) is 34.5 Å². The first-order valence-electron chi connectivity index (χ1n) is 11.2. The fourth-order valence-corrected chi connectivity index (χ4v) is 4.62. The Bertz CT molecular complexity index is 1380. The Morgan fingerprint density at radius 3 is 2.62 bits per heavy atom. The van der Waals surface area contributed by atoms with Crippen LogP contribution in [0.25, 0.3) is 22.6 Å². The summed E-state index contributed by atoms with van der Waals surface area (Å²) in [4.78, 5) is 27.2. The van der Waals surface area contributed by atoms with E-state index in [0.717, 1.165) is 54.1 Å². The van der Waals surface area contributed by atoms with Gasteiger partial charge in [-0.2, -0.15) is 5.10 Å². The second-order valence-electron chi connectivity index (χ2n) is 8.95. The molecular weight excluding hydrogens is 402 g/mol. The summed E-state index contributed by atoms with van der Waals surface area (Å²) in [5, 5.41) is 4.69. The van der Waals surface area contributed by atoms with Crippen LogP contribution in [0.2, 0.25) is 0 Å². The van der Waals surface area contributed by atoms with Crippen LogP contribution in [-0.4, -0.2) is 62.1 Å². The standard InChI is InChI=1S/C24H29N7O/c1-6-19-22-10-21(27-31(22)12-16(3)25-19)20-11-23(32)30-14-18(9-15(2)24(30)26-20)29-8-7-17(13-29)28(4)5/h9-12,14,17H,6-8,13H2,1-5H3/t17-/m1/s1. The van der Waals surface area contributed by atoms with Crippen molar-refractivity contribution in [1.29, 1.82) is 0 Å². The van der Waals surface area contributed by atoms with Gasteiger partial charge in [-0.15, -0.1) is 0 Å². The zero-order valence-corrected chi connectivity index (χ0v) is 19.3. The number of hydrogen-bond donors (Lipinski definition) is 0. The van der Waals surface area contributed by atoms with Crippen molar-refractivity contribution in [2.75, 3.05) is 32.1 Å². The third-order valence-electron chi connectivity index (χ3n) is 6.44. The predicted octanol–water partition coefficient (Wildman–Crippen LogP) is 2.72. The van der Waals surface area contributed by atoms with E-state index in [-0.39, 0.29) is 5.56 Å². The van der Waals surface area contributed by atoms with E-state index in [1.807, 2.05) is 36.8 Å². The molecule has 32 heavy (non-hydrogen) atoms. The maximum Gasteiger partial charge on any atom is 0.258 e. The number of aromatic nitrogens is 5. The molecule has 0 aliphatic carbocycles. The first-order valence-corrected chi connectivity index (χ1v) is 11.2. The molecule has 1 saturated heterocycles. The van der Waals surface area contributed by atoms with Crippen LogP contribution in [0, 0.1) is 13.8 Å². The summed E-state index contributed by atoms with van der Waals surface area (Å²) in [5.41, 5.74) is 6.74. The Hall–Kier alpha value is -3.26. The van der Waals surface area contributed by atoms with Gasteiger partial charge in [0.1, 0.15) is 11.3 Å². The molecule has 166 valence electrons. The molecule has 0 saturated carbocycles. The smallest absolute Gasteiger partial charge is 0.258 e. The third-order valence-corrected chi connectivity index (χ3v) is 6.44. The highest BCUT2D eigenvalue weighted by Crippen LogP contribution is 2.25. The Morgan fingerprint density at radius 1 is 1.09 bits per heavy atom. The second-order valence-corrected chi connectivity index (χ2v) is 8.95. The van der Waals surface area contributed by atoms with E-state index in [9.17, 15) is 4.79 Å². The molecule has 1 fully saturated rings. The van der Waals surface area contributed by atoms with Crippen molar-refractivity contribution in [3.05, 3.63) is 57.9 Å². The normalized spacial score (nSPS) is 16.7. The minimum atomic E-state index is -0.0969. The van der Waals surface area contributed by atoms with Crippen LogP contribution < -0.4 is 10.5 Å². The van der Waals surface area contributed by atoms with Gasteiger partial charge in [0.25, 0.3) is 5.56 Å². The highest BCUT2D eigenvalue weighted by Gasteiger charge is 2.25. The number of anilines is 1. The molecule has 0 bridgehead atoms. The Kier molecular flexibility index (Phi) is 4.97. The van der Waals surface area contributed by atoms with Crippen molar-refractivity contribution in [3.8, 4) is 11.4 Å². The minimum absolute atomic E-state index is 0.0969. The van der Waals surface area contributed by atoms with E-state index in [4.69, 9.17) is 4.98 Å². The number of nitrogens with zero attached hydrogens (tertiary/aromatic N) is 7. The van der Waals surface area contributed by atoms with Gasteiger partial charge in [-0.05, 0) is 58.5 Å². The lowest BCUT2D eigenvalue weighted by Crippen LogP contribution is -2.31. The first kappa shape index (κ1) is 20.6. The van der Waals surface area contributed by atoms with E-state index >= 15 is 0 Å². The lowest BCUT2D eigenvalue weighted by Gasteiger charge is -2.22. The van der Waals surface area contributed by atoms with Gasteiger partial charge in [-0.1, -0.05) is 6.92 Å². The molecule has 4 aromatic rings. The molecule has 0 unspecified atom stereocenters. The summed E-state index contributed by atoms with van der Waals surface area (Å²) in [6.45, 7) is 8.01. The lowest BCUT2D eigenvalue weighted by molar-refractivity contribution is 0.315. The van der Waals surface area contributed by atoms with Gasteiger partial charge in [0, 0.05) is 31.4 Å². The van der Waals surface area contributed by atoms with Crippen LogP contribution in [-0.2, 0) is 6.42 Å². The van der Waals surface area contributed by atoms with Gasteiger partial charge in [-0.3, -0.25) is 14.2 Å². The molecule has 8 nitrogen and oxygen atoms in total. The number of hydrogen-bond acceptors (Lipinski definition) is 6. The molecule has 1 aliphatic rings. The van der Waals surface area contributed by atoms with Crippen molar-refractivity contribution in [2.24, 2.45) is 0 Å². The molecule has 4 aromatic heterocycles. The largest absolute Gasteiger partial charge is 0.369 e. The fraction of sp³-hybridized carbons (Fsp3) is 0.417. The highest BCUT2D eigenvalue weighted by molar-refractivity contribution is 5.67. The van der Waals surface area contributed by atoms with Gasteiger partial charge >= 0.3 is 0 Å². The van der Waals surface area contributed by atoms with Crippen molar-refractivity contribution in [3.63, 3.8) is 0 Å². The molecule has 0 N–H and O–H groups in total. The van der Waals surface area contributed by atoms with Crippen molar-refractivity contribution in [2.45, 2.75) is 39.7 Å². The van der Waals surface area contributed by atoms with Gasteiger partial charge in [0.15, 0.2) is 0 Å². The zero-order valence-electron chi connectivity index (χ0n) is 19.3. The molecule has 1 aliphatic heterocycles. The van der Waals surface area contributed by atoms with E-state index in [0.29, 0.717) is 23.1 Å². The predicted molar refractivity (Wildman–Crippen MR) is 127 cm³/mol. The average Bonchev–Trinajstić information content (AvgIpc) is 3.41. The molecule has 5 heterocycles. The van der Waals surface area contributed by atoms with Crippen LogP contribution >= 0.6 is 0 Å². The van der Waals surface area contributed by atoms with Gasteiger partial charge < -0.3 is 9.80 Å². The Balaban J connectivity index is 1.58. The SMILES string of the molecule is CCc1nc(C)cn2nc(-c3cc(=O)n4cc(N5CC[C@@H](N(C)C)C5)cc(C)c4n3)cc12. The number of aryl methyl sites for hydroxylation is 3. The van der Waals surface area contributed by atoms with E-state index in [1.54, 1.807) is 10.5 Å². The molecule has 8 heteroatoms.